The van der Waals surface area contributed by atoms with Crippen molar-refractivity contribution < 1.29 is 35.2 Å². The van der Waals surface area contributed by atoms with E-state index in [0.29, 0.717) is 5.56 Å². The summed E-state index contributed by atoms with van der Waals surface area (Å²) >= 11 is 0. The number of anilines is 1. The van der Waals surface area contributed by atoms with Crippen molar-refractivity contribution in [1.29, 1.82) is 0 Å². The molecule has 0 saturated heterocycles. The number of benzene rings is 2. The van der Waals surface area contributed by atoms with Gasteiger partial charge in [-0.2, -0.15) is 13.2 Å². The highest BCUT2D eigenvalue weighted by Crippen LogP contribution is 2.32. The third-order valence-corrected chi connectivity index (χ3v) is 5.47. The Morgan fingerprint density at radius 3 is 2.39 bits per heavy atom. The van der Waals surface area contributed by atoms with Crippen LogP contribution in [0.5, 0.6) is 0 Å². The van der Waals surface area contributed by atoms with Crippen molar-refractivity contribution in [3.63, 3.8) is 0 Å². The van der Waals surface area contributed by atoms with E-state index in [4.69, 9.17) is 0 Å². The molecule has 0 bridgehead atoms. The predicted octanol–water partition coefficient (Wildman–Crippen LogP) is 5.31. The lowest BCUT2D eigenvalue weighted by atomic mass is 10.0. The molecule has 0 aliphatic rings. The number of halogens is 5. The second-order valence-corrected chi connectivity index (χ2v) is 9.57. The van der Waals surface area contributed by atoms with Crippen molar-refractivity contribution in [1.82, 2.24) is 10.3 Å². The number of amides is 1. The average Bonchev–Trinajstić information content (AvgIpc) is 2.77. The summed E-state index contributed by atoms with van der Waals surface area (Å²) in [6.45, 7) is 1.56. The number of sulfonamides is 1. The number of carbonyl (C=O) groups excluding carboxylic acids is 1. The van der Waals surface area contributed by atoms with Crippen molar-refractivity contribution >= 4 is 27.7 Å². The fourth-order valence-electron chi connectivity index (χ4n) is 3.22. The molecule has 0 fully saturated rings. The van der Waals surface area contributed by atoms with Crippen LogP contribution in [0, 0.1) is 11.6 Å². The number of nitrogens with one attached hydrogen (secondary N) is 2. The zero-order chi connectivity index (χ0) is 26.7. The van der Waals surface area contributed by atoms with Gasteiger partial charge < -0.3 is 5.32 Å². The van der Waals surface area contributed by atoms with Crippen LogP contribution in [0.4, 0.5) is 27.6 Å². The number of carbonyl (C=O) groups is 1. The molecule has 3 rings (SSSR count). The van der Waals surface area contributed by atoms with Crippen LogP contribution in [-0.4, -0.2) is 25.6 Å². The topological polar surface area (TPSA) is 88.2 Å². The first kappa shape index (κ1) is 26.8. The van der Waals surface area contributed by atoms with Crippen LogP contribution in [0.15, 0.2) is 60.7 Å². The molecule has 2 N–H and O–H groups in total. The molecule has 190 valence electrons. The lowest BCUT2D eigenvalue weighted by Crippen LogP contribution is -2.24. The fraction of sp³-hybridized carbons (Fsp3) is 0.167. The summed E-state index contributed by atoms with van der Waals surface area (Å²) in [5.41, 5.74) is -1.03. The van der Waals surface area contributed by atoms with Crippen molar-refractivity contribution in [2.24, 2.45) is 0 Å². The van der Waals surface area contributed by atoms with Gasteiger partial charge >= 0.3 is 6.18 Å². The maximum atomic E-state index is 14.2. The van der Waals surface area contributed by atoms with Gasteiger partial charge in [0.05, 0.1) is 23.7 Å². The molecule has 1 amide bonds. The summed E-state index contributed by atoms with van der Waals surface area (Å²) in [5.74, 6) is -2.16. The number of hydrogen-bond donors (Lipinski definition) is 2. The molecule has 0 aliphatic heterocycles. The molecule has 12 heteroatoms. The smallest absolute Gasteiger partial charge is 0.346 e. The molecule has 0 radical (unpaired) electrons. The van der Waals surface area contributed by atoms with Crippen LogP contribution in [0.1, 0.15) is 29.8 Å². The monoisotopic (exact) mass is 525 g/mol. The molecular weight excluding hydrogens is 505 g/mol. The van der Waals surface area contributed by atoms with E-state index in [9.17, 15) is 35.2 Å². The Kier molecular flexibility index (Phi) is 7.77. The highest BCUT2D eigenvalue weighted by atomic mass is 32.2. The Balaban J connectivity index is 1.82. The normalized spacial score (nSPS) is 13.0. The van der Waals surface area contributed by atoms with Crippen LogP contribution in [-0.2, 0) is 21.0 Å². The molecule has 1 atom stereocenters. The largest absolute Gasteiger partial charge is 0.433 e. The van der Waals surface area contributed by atoms with Gasteiger partial charge in [0.15, 0.2) is 0 Å². The van der Waals surface area contributed by atoms with Crippen LogP contribution in [0.2, 0.25) is 0 Å². The van der Waals surface area contributed by atoms with Crippen LogP contribution >= 0.6 is 0 Å². The number of hydrogen-bond acceptors (Lipinski definition) is 4. The first-order valence-electron chi connectivity index (χ1n) is 10.3. The van der Waals surface area contributed by atoms with Gasteiger partial charge in [-0.05, 0) is 48.9 Å². The van der Waals surface area contributed by atoms with Gasteiger partial charge in [-0.25, -0.2) is 22.2 Å². The maximum Gasteiger partial charge on any atom is 0.433 e. The molecule has 36 heavy (non-hydrogen) atoms. The lowest BCUT2D eigenvalue weighted by Gasteiger charge is -2.15. The van der Waals surface area contributed by atoms with Crippen LogP contribution in [0.3, 0.4) is 0 Å². The number of aromatic nitrogens is 1. The van der Waals surface area contributed by atoms with Crippen molar-refractivity contribution in [3.8, 4) is 11.3 Å². The van der Waals surface area contributed by atoms with Crippen molar-refractivity contribution in [3.05, 3.63) is 89.1 Å². The highest BCUT2D eigenvalue weighted by molar-refractivity contribution is 7.92. The summed E-state index contributed by atoms with van der Waals surface area (Å²) in [6.07, 6.45) is -1.56. The van der Waals surface area contributed by atoms with E-state index < -0.39 is 45.5 Å². The Morgan fingerprint density at radius 1 is 1.06 bits per heavy atom. The summed E-state index contributed by atoms with van der Waals surface area (Å²) in [6, 6.07) is 9.74. The van der Waals surface area contributed by atoms with Crippen LogP contribution < -0.4 is 10.0 Å². The third kappa shape index (κ3) is 7.11. The third-order valence-electron chi connectivity index (χ3n) is 4.88. The Hall–Kier alpha value is -3.80. The number of alkyl halides is 3. The van der Waals surface area contributed by atoms with E-state index in [1.54, 1.807) is 6.92 Å². The standard InChI is InChI=1S/C24H20F5N3O3S/c1-14(16-6-9-20(19(26)13-16)32-36(2,34)35)30-22(33)11-8-15-7-10-21(24(27,28)29)31-23(15)17-4-3-5-18(25)12-17/h3-14,32H,1-2H3,(H,30,33)/b11-8-/t14-/m1/s1. The quantitative estimate of drug-likeness (QED) is 0.323. The van der Waals surface area contributed by atoms with E-state index in [0.717, 1.165) is 42.7 Å². The minimum Gasteiger partial charge on any atom is -0.346 e. The van der Waals surface area contributed by atoms with E-state index in [2.05, 4.69) is 10.3 Å². The summed E-state index contributed by atoms with van der Waals surface area (Å²) in [5, 5.41) is 2.57. The highest BCUT2D eigenvalue weighted by Gasteiger charge is 2.33. The second kappa shape index (κ2) is 10.4. The molecule has 1 heterocycles. The molecule has 3 aromatic rings. The van der Waals surface area contributed by atoms with Crippen molar-refractivity contribution in [2.45, 2.75) is 19.1 Å². The first-order chi connectivity index (χ1) is 16.7. The van der Waals surface area contributed by atoms with Gasteiger partial charge in [0.2, 0.25) is 15.9 Å². The van der Waals surface area contributed by atoms with Gasteiger partial charge in [0.1, 0.15) is 17.3 Å². The predicted molar refractivity (Wildman–Crippen MR) is 125 cm³/mol. The number of rotatable bonds is 7. The summed E-state index contributed by atoms with van der Waals surface area (Å²) in [7, 11) is -3.68. The molecule has 0 saturated carbocycles. The minimum absolute atomic E-state index is 0.0906. The molecule has 0 spiro atoms. The number of nitrogens with zero attached hydrogens (tertiary/aromatic N) is 1. The Morgan fingerprint density at radius 2 is 1.78 bits per heavy atom. The Labute approximate surface area is 203 Å². The van der Waals surface area contributed by atoms with Gasteiger partial charge in [-0.1, -0.05) is 24.3 Å². The van der Waals surface area contributed by atoms with Gasteiger partial charge in [-0.15, -0.1) is 0 Å². The SMILES string of the molecule is C[C@@H](NC(=O)/C=C\c1ccc(C(F)(F)F)nc1-c1cccc(F)c1)c1ccc(NS(C)(=O)=O)c(F)c1. The number of pyridine rings is 1. The Bertz CT molecular complexity index is 1420. The van der Waals surface area contributed by atoms with Crippen LogP contribution in [0.25, 0.3) is 17.3 Å². The molecule has 0 unspecified atom stereocenters. The molecule has 0 aliphatic carbocycles. The minimum atomic E-state index is -4.72. The molecule has 1 aromatic heterocycles. The van der Waals surface area contributed by atoms with Gasteiger partial charge in [-0.3, -0.25) is 9.52 Å². The molecular formula is C24H20F5N3O3S. The molecule has 6 nitrogen and oxygen atoms in total. The fourth-order valence-corrected chi connectivity index (χ4v) is 3.79. The van der Waals surface area contributed by atoms with E-state index in [1.807, 2.05) is 4.72 Å². The molecule has 2 aromatic carbocycles. The first-order valence-corrected chi connectivity index (χ1v) is 12.2. The summed E-state index contributed by atoms with van der Waals surface area (Å²) < 4.78 is 92.0. The maximum absolute atomic E-state index is 14.2. The van der Waals surface area contributed by atoms with E-state index in [-0.39, 0.29) is 22.5 Å². The van der Waals surface area contributed by atoms with Gasteiger partial charge in [0.25, 0.3) is 0 Å². The van der Waals surface area contributed by atoms with E-state index in [1.165, 1.54) is 30.3 Å². The zero-order valence-corrected chi connectivity index (χ0v) is 19.7. The zero-order valence-electron chi connectivity index (χ0n) is 18.9. The lowest BCUT2D eigenvalue weighted by molar-refractivity contribution is -0.141. The second-order valence-electron chi connectivity index (χ2n) is 7.82. The van der Waals surface area contributed by atoms with Crippen molar-refractivity contribution in [2.75, 3.05) is 11.0 Å². The van der Waals surface area contributed by atoms with E-state index >= 15 is 0 Å². The van der Waals surface area contributed by atoms with Gasteiger partial charge in [0, 0.05) is 17.2 Å². The summed E-state index contributed by atoms with van der Waals surface area (Å²) in [4.78, 5) is 16.0. The average molecular weight is 525 g/mol.